The van der Waals surface area contributed by atoms with Crippen LogP contribution in [0, 0.1) is 6.92 Å². The Balaban J connectivity index is 2.15. The van der Waals surface area contributed by atoms with Gasteiger partial charge in [0.15, 0.2) is 5.78 Å². The van der Waals surface area contributed by atoms with Gasteiger partial charge in [0, 0.05) is 11.1 Å². The molecule has 100 valence electrons. The summed E-state index contributed by atoms with van der Waals surface area (Å²) < 4.78 is 0. The average molecular weight is 266 g/mol. The molecular weight excluding hydrogens is 252 g/mol. The highest BCUT2D eigenvalue weighted by molar-refractivity contribution is 6.11. The van der Waals surface area contributed by atoms with E-state index in [9.17, 15) is 9.59 Å². The van der Waals surface area contributed by atoms with Crippen LogP contribution in [0.4, 0.5) is 0 Å². The molecule has 0 aromatic heterocycles. The molecule has 0 saturated carbocycles. The van der Waals surface area contributed by atoms with E-state index < -0.39 is 5.97 Å². The quantitative estimate of drug-likeness (QED) is 0.863. The lowest BCUT2D eigenvalue weighted by Crippen LogP contribution is -2.06. The summed E-state index contributed by atoms with van der Waals surface area (Å²) in [6.45, 7) is 1.97. The van der Waals surface area contributed by atoms with E-state index in [2.05, 4.69) is 0 Å². The van der Waals surface area contributed by atoms with Crippen LogP contribution in [-0.4, -0.2) is 16.9 Å². The topological polar surface area (TPSA) is 54.4 Å². The van der Waals surface area contributed by atoms with Crippen LogP contribution < -0.4 is 0 Å². The highest BCUT2D eigenvalue weighted by Gasteiger charge is 2.22. The van der Waals surface area contributed by atoms with Crippen LogP contribution in [0.2, 0.25) is 0 Å². The summed E-state index contributed by atoms with van der Waals surface area (Å²) in [4.78, 5) is 23.6. The number of carboxylic acids is 1. The molecule has 0 radical (unpaired) electrons. The molecule has 0 atom stereocenters. The average Bonchev–Trinajstić information content (AvgIpc) is 2.57. The van der Waals surface area contributed by atoms with Gasteiger partial charge in [-0.3, -0.25) is 4.79 Å². The fourth-order valence-electron chi connectivity index (χ4n) is 2.69. The fraction of sp³-hybridized carbons (Fsp3) is 0.176. The molecule has 1 aliphatic rings. The number of carbonyl (C=O) groups is 2. The highest BCUT2D eigenvalue weighted by atomic mass is 16.4. The predicted octanol–water partition coefficient (Wildman–Crippen LogP) is 3.02. The lowest BCUT2D eigenvalue weighted by atomic mass is 9.96. The van der Waals surface area contributed by atoms with Crippen molar-refractivity contribution >= 4 is 11.8 Å². The molecular formula is C17H14O3. The normalized spacial score (nSPS) is 13.3. The van der Waals surface area contributed by atoms with E-state index in [0.29, 0.717) is 12.0 Å². The van der Waals surface area contributed by atoms with Crippen molar-refractivity contribution in [2.45, 2.75) is 19.8 Å². The van der Waals surface area contributed by atoms with Crippen LogP contribution >= 0.6 is 0 Å². The van der Waals surface area contributed by atoms with Crippen molar-refractivity contribution in [1.82, 2.24) is 0 Å². The Hall–Kier alpha value is -2.42. The third-order valence-corrected chi connectivity index (χ3v) is 3.77. The molecule has 0 heterocycles. The molecule has 3 nitrogen and oxygen atoms in total. The Bertz CT molecular complexity index is 729. The number of carboxylic acid groups (broad SMARTS) is 1. The number of carbonyl (C=O) groups excluding carboxylic acids is 1. The van der Waals surface area contributed by atoms with Crippen LogP contribution in [0.15, 0.2) is 36.4 Å². The van der Waals surface area contributed by atoms with Crippen molar-refractivity contribution in [3.05, 3.63) is 69.8 Å². The van der Waals surface area contributed by atoms with Crippen molar-refractivity contribution in [3.8, 4) is 0 Å². The van der Waals surface area contributed by atoms with Gasteiger partial charge in [0.1, 0.15) is 0 Å². The van der Waals surface area contributed by atoms with Gasteiger partial charge in [-0.1, -0.05) is 17.7 Å². The summed E-state index contributed by atoms with van der Waals surface area (Å²) in [6.07, 6.45) is 1.45. The van der Waals surface area contributed by atoms with Gasteiger partial charge in [-0.05, 0) is 55.2 Å². The van der Waals surface area contributed by atoms with Crippen LogP contribution in [0.25, 0.3) is 0 Å². The second kappa shape index (κ2) is 4.60. The van der Waals surface area contributed by atoms with E-state index in [0.717, 1.165) is 28.7 Å². The highest BCUT2D eigenvalue weighted by Crippen LogP contribution is 2.26. The first-order valence-corrected chi connectivity index (χ1v) is 6.57. The number of benzene rings is 2. The number of aryl methyl sites for hydroxylation is 3. The molecule has 1 N–H and O–H groups in total. The second-order valence-electron chi connectivity index (χ2n) is 5.17. The third-order valence-electron chi connectivity index (χ3n) is 3.77. The van der Waals surface area contributed by atoms with E-state index in [4.69, 9.17) is 5.11 Å². The molecule has 0 spiro atoms. The van der Waals surface area contributed by atoms with E-state index >= 15 is 0 Å². The Labute approximate surface area is 116 Å². The largest absolute Gasteiger partial charge is 0.478 e. The maximum Gasteiger partial charge on any atom is 0.335 e. The first-order valence-electron chi connectivity index (χ1n) is 6.57. The minimum atomic E-state index is -0.960. The molecule has 1 aliphatic carbocycles. The standard InChI is InChI=1S/C17H14O3/c1-10-2-3-11-4-5-12-9-13(17(19)20)6-7-14(12)16(18)15(11)8-10/h2-3,6-9H,4-5H2,1H3,(H,19,20). The second-order valence-corrected chi connectivity index (χ2v) is 5.17. The van der Waals surface area contributed by atoms with E-state index in [1.165, 1.54) is 6.07 Å². The van der Waals surface area contributed by atoms with Gasteiger partial charge in [-0.25, -0.2) is 4.79 Å². The maximum atomic E-state index is 12.6. The van der Waals surface area contributed by atoms with Gasteiger partial charge < -0.3 is 5.11 Å². The van der Waals surface area contributed by atoms with Crippen molar-refractivity contribution in [2.24, 2.45) is 0 Å². The van der Waals surface area contributed by atoms with Gasteiger partial charge in [0.25, 0.3) is 0 Å². The molecule has 0 saturated heterocycles. The van der Waals surface area contributed by atoms with Gasteiger partial charge >= 0.3 is 5.97 Å². The minimum Gasteiger partial charge on any atom is -0.478 e. The van der Waals surface area contributed by atoms with E-state index in [1.807, 2.05) is 25.1 Å². The molecule has 0 fully saturated rings. The molecule has 3 heteroatoms. The van der Waals surface area contributed by atoms with Gasteiger partial charge in [0.2, 0.25) is 0 Å². The molecule has 20 heavy (non-hydrogen) atoms. The van der Waals surface area contributed by atoms with Crippen molar-refractivity contribution in [1.29, 1.82) is 0 Å². The molecule has 0 amide bonds. The lowest BCUT2D eigenvalue weighted by molar-refractivity contribution is 0.0696. The monoisotopic (exact) mass is 266 g/mol. The summed E-state index contributed by atoms with van der Waals surface area (Å²) in [5, 5.41) is 9.05. The number of aromatic carboxylic acids is 1. The SMILES string of the molecule is Cc1ccc2c(c1)C(=O)c1ccc(C(=O)O)cc1CC2. The number of fused-ring (bicyclic) bond motifs is 2. The lowest BCUT2D eigenvalue weighted by Gasteiger charge is -2.06. The summed E-state index contributed by atoms with van der Waals surface area (Å²) >= 11 is 0. The third kappa shape index (κ3) is 2.01. The van der Waals surface area contributed by atoms with Crippen molar-refractivity contribution < 1.29 is 14.7 Å². The van der Waals surface area contributed by atoms with Gasteiger partial charge in [-0.15, -0.1) is 0 Å². The first kappa shape index (κ1) is 12.6. The molecule has 0 unspecified atom stereocenters. The number of hydrogen-bond donors (Lipinski definition) is 1. The summed E-state index contributed by atoms with van der Waals surface area (Å²) in [5.74, 6) is -0.967. The maximum absolute atomic E-state index is 12.6. The van der Waals surface area contributed by atoms with E-state index in [1.54, 1.807) is 12.1 Å². The molecule has 0 aliphatic heterocycles. The Morgan fingerprint density at radius 2 is 1.75 bits per heavy atom. The number of ketones is 1. The summed E-state index contributed by atoms with van der Waals surface area (Å²) in [5.41, 5.74) is 4.52. The predicted molar refractivity (Wildman–Crippen MR) is 75.4 cm³/mol. The van der Waals surface area contributed by atoms with E-state index in [-0.39, 0.29) is 11.3 Å². The van der Waals surface area contributed by atoms with Crippen LogP contribution in [0.5, 0.6) is 0 Å². The summed E-state index contributed by atoms with van der Waals surface area (Å²) in [7, 11) is 0. The molecule has 0 bridgehead atoms. The van der Waals surface area contributed by atoms with Crippen molar-refractivity contribution in [2.75, 3.05) is 0 Å². The van der Waals surface area contributed by atoms with Crippen LogP contribution in [-0.2, 0) is 12.8 Å². The zero-order valence-corrected chi connectivity index (χ0v) is 11.1. The van der Waals surface area contributed by atoms with Gasteiger partial charge in [0.05, 0.1) is 5.56 Å². The zero-order chi connectivity index (χ0) is 14.3. The number of hydrogen-bond acceptors (Lipinski definition) is 2. The molecule has 2 aromatic rings. The Kier molecular flexibility index (Phi) is 2.90. The smallest absolute Gasteiger partial charge is 0.335 e. The van der Waals surface area contributed by atoms with Crippen LogP contribution in [0.3, 0.4) is 0 Å². The fourth-order valence-corrected chi connectivity index (χ4v) is 2.69. The zero-order valence-electron chi connectivity index (χ0n) is 11.1. The number of rotatable bonds is 1. The van der Waals surface area contributed by atoms with Crippen LogP contribution in [0.1, 0.15) is 43.0 Å². The molecule has 3 rings (SSSR count). The molecule has 2 aromatic carbocycles. The van der Waals surface area contributed by atoms with Crippen molar-refractivity contribution in [3.63, 3.8) is 0 Å². The Morgan fingerprint density at radius 3 is 2.50 bits per heavy atom. The minimum absolute atomic E-state index is 0.00635. The Morgan fingerprint density at radius 1 is 1.00 bits per heavy atom. The summed E-state index contributed by atoms with van der Waals surface area (Å²) in [6, 6.07) is 10.7. The van der Waals surface area contributed by atoms with Gasteiger partial charge in [-0.2, -0.15) is 0 Å². The first-order chi connectivity index (χ1) is 9.56.